The number of aryl methyl sites for hydroxylation is 1. The maximum Gasteiger partial charge on any atom is 0.303 e. The predicted octanol–water partition coefficient (Wildman–Crippen LogP) is 5.47. The van der Waals surface area contributed by atoms with Crippen LogP contribution in [0.3, 0.4) is 0 Å². The van der Waals surface area contributed by atoms with Gasteiger partial charge in [0.05, 0.1) is 12.5 Å². The Hall–Kier alpha value is -3.84. The van der Waals surface area contributed by atoms with Gasteiger partial charge in [0.15, 0.2) is 11.6 Å². The number of carboxylic acids is 1. The zero-order chi connectivity index (χ0) is 28.3. The molecule has 7 heteroatoms. The van der Waals surface area contributed by atoms with Gasteiger partial charge in [0.2, 0.25) is 0 Å². The van der Waals surface area contributed by atoms with E-state index < -0.39 is 17.4 Å². The Balaban J connectivity index is 1.56. The smallest absolute Gasteiger partial charge is 0.303 e. The SMILES string of the molecule is Cc1ccccc1C(CC(=O)O)[C@H](C)C1NC1C(=O)c1ccc(OCC(=O)C(C)(C)C)c(-c2ccccc2)n1. The molecule has 1 aromatic heterocycles. The molecule has 2 N–H and O–H groups in total. The highest BCUT2D eigenvalue weighted by Gasteiger charge is 2.48. The fourth-order valence-corrected chi connectivity index (χ4v) is 4.89. The van der Waals surface area contributed by atoms with Crippen LogP contribution in [0, 0.1) is 18.3 Å². The number of nitrogens with one attached hydrogen (secondary N) is 1. The highest BCUT2D eigenvalue weighted by molar-refractivity contribution is 6.01. The highest BCUT2D eigenvalue weighted by atomic mass is 16.5. The first-order chi connectivity index (χ1) is 18.5. The van der Waals surface area contributed by atoms with Gasteiger partial charge in [-0.1, -0.05) is 82.3 Å². The van der Waals surface area contributed by atoms with E-state index >= 15 is 0 Å². The fraction of sp³-hybridized carbons (Fsp3) is 0.375. The van der Waals surface area contributed by atoms with Gasteiger partial charge in [0, 0.05) is 17.0 Å². The summed E-state index contributed by atoms with van der Waals surface area (Å²) in [5, 5.41) is 12.9. The van der Waals surface area contributed by atoms with E-state index in [-0.39, 0.29) is 42.5 Å². The van der Waals surface area contributed by atoms with E-state index in [0.29, 0.717) is 17.1 Å². The topological polar surface area (TPSA) is 116 Å². The van der Waals surface area contributed by atoms with Crippen LogP contribution in [0.25, 0.3) is 11.3 Å². The van der Waals surface area contributed by atoms with Crippen molar-refractivity contribution >= 4 is 17.5 Å². The number of carbonyl (C=O) groups excluding carboxylic acids is 2. The van der Waals surface area contributed by atoms with Gasteiger partial charge in [-0.25, -0.2) is 4.98 Å². The van der Waals surface area contributed by atoms with E-state index in [0.717, 1.165) is 16.7 Å². The number of hydrogen-bond donors (Lipinski definition) is 2. The number of ketones is 2. The minimum Gasteiger partial charge on any atom is -0.484 e. The molecule has 3 unspecified atom stereocenters. The molecule has 1 saturated heterocycles. The van der Waals surface area contributed by atoms with E-state index in [2.05, 4.69) is 10.3 Å². The molecular weight excluding hydrogens is 492 g/mol. The third-order valence-electron chi connectivity index (χ3n) is 7.44. The van der Waals surface area contributed by atoms with Crippen LogP contribution in [0.2, 0.25) is 0 Å². The van der Waals surface area contributed by atoms with Gasteiger partial charge in [0.1, 0.15) is 23.7 Å². The Morgan fingerprint density at radius 3 is 2.31 bits per heavy atom. The third-order valence-corrected chi connectivity index (χ3v) is 7.44. The van der Waals surface area contributed by atoms with E-state index in [9.17, 15) is 19.5 Å². The van der Waals surface area contributed by atoms with Gasteiger partial charge in [-0.05, 0) is 42.0 Å². The Labute approximate surface area is 229 Å². The number of benzene rings is 2. The van der Waals surface area contributed by atoms with Gasteiger partial charge in [-0.15, -0.1) is 0 Å². The number of rotatable bonds is 11. The lowest BCUT2D eigenvalue weighted by atomic mass is 9.80. The van der Waals surface area contributed by atoms with Crippen molar-refractivity contribution in [2.24, 2.45) is 11.3 Å². The van der Waals surface area contributed by atoms with Gasteiger partial charge >= 0.3 is 5.97 Å². The molecule has 4 atom stereocenters. The number of carbonyl (C=O) groups is 3. The molecule has 0 amide bonds. The van der Waals surface area contributed by atoms with Crippen LogP contribution in [-0.2, 0) is 9.59 Å². The summed E-state index contributed by atoms with van der Waals surface area (Å²) in [4.78, 5) is 42.4. The number of aliphatic carboxylic acids is 1. The molecule has 7 nitrogen and oxygen atoms in total. The van der Waals surface area contributed by atoms with Crippen molar-refractivity contribution in [3.8, 4) is 17.0 Å². The van der Waals surface area contributed by atoms with Crippen molar-refractivity contribution in [2.75, 3.05) is 6.61 Å². The van der Waals surface area contributed by atoms with Crippen LogP contribution in [0.1, 0.15) is 61.6 Å². The van der Waals surface area contributed by atoms with Gasteiger partial charge < -0.3 is 15.2 Å². The molecule has 0 bridgehead atoms. The maximum absolute atomic E-state index is 13.5. The lowest BCUT2D eigenvalue weighted by Gasteiger charge is -2.24. The van der Waals surface area contributed by atoms with Crippen LogP contribution >= 0.6 is 0 Å². The molecule has 0 spiro atoms. The summed E-state index contributed by atoms with van der Waals surface area (Å²) < 4.78 is 5.88. The normalized spacial score (nSPS) is 18.2. The summed E-state index contributed by atoms with van der Waals surface area (Å²) in [6.07, 6.45) is -0.0131. The monoisotopic (exact) mass is 528 g/mol. The third kappa shape index (κ3) is 6.60. The van der Waals surface area contributed by atoms with E-state index in [1.54, 1.807) is 12.1 Å². The summed E-state index contributed by atoms with van der Waals surface area (Å²) in [6.45, 7) is 9.42. The number of aromatic nitrogens is 1. The second-order valence-electron chi connectivity index (χ2n) is 11.3. The van der Waals surface area contributed by atoms with Crippen LogP contribution in [-0.4, -0.2) is 46.3 Å². The number of nitrogens with zero attached hydrogens (tertiary/aromatic N) is 1. The van der Waals surface area contributed by atoms with Crippen molar-refractivity contribution in [3.63, 3.8) is 0 Å². The standard InChI is InChI=1S/C32H36N2O5/c1-19-11-9-10-14-22(19)23(17-27(36)37)20(2)28-30(34-28)31(38)24-15-16-25(39-18-26(35)32(3,4)5)29(33-24)21-12-7-6-8-13-21/h6-16,20,23,28,30,34H,17-18H2,1-5H3,(H,36,37)/t20-,23?,28?,30?/m0/s1. The van der Waals surface area contributed by atoms with Gasteiger partial charge in [-0.3, -0.25) is 14.4 Å². The summed E-state index contributed by atoms with van der Waals surface area (Å²) in [5.74, 6) is -0.942. The van der Waals surface area contributed by atoms with Crippen LogP contribution in [0.5, 0.6) is 5.75 Å². The second kappa shape index (κ2) is 11.5. The van der Waals surface area contributed by atoms with E-state index in [1.807, 2.05) is 89.2 Å². The number of Topliss-reactive ketones (excluding diaryl/α,β-unsaturated/α-hetero) is 2. The summed E-state index contributed by atoms with van der Waals surface area (Å²) in [7, 11) is 0. The van der Waals surface area contributed by atoms with Crippen molar-refractivity contribution in [3.05, 3.63) is 83.6 Å². The minimum absolute atomic E-state index is 0.0131. The number of pyridine rings is 1. The Morgan fingerprint density at radius 1 is 1.00 bits per heavy atom. The molecule has 4 rings (SSSR count). The number of ether oxygens (including phenoxy) is 1. The predicted molar refractivity (Wildman–Crippen MR) is 150 cm³/mol. The fourth-order valence-electron chi connectivity index (χ4n) is 4.89. The highest BCUT2D eigenvalue weighted by Crippen LogP contribution is 2.38. The van der Waals surface area contributed by atoms with Crippen molar-refractivity contribution < 1.29 is 24.2 Å². The first-order valence-corrected chi connectivity index (χ1v) is 13.3. The zero-order valence-electron chi connectivity index (χ0n) is 23.1. The maximum atomic E-state index is 13.5. The van der Waals surface area contributed by atoms with Crippen molar-refractivity contribution in [1.29, 1.82) is 0 Å². The van der Waals surface area contributed by atoms with E-state index in [1.165, 1.54) is 0 Å². The number of carboxylic acid groups (broad SMARTS) is 1. The molecular formula is C32H36N2O5. The first-order valence-electron chi connectivity index (χ1n) is 13.3. The molecule has 2 heterocycles. The largest absolute Gasteiger partial charge is 0.484 e. The van der Waals surface area contributed by atoms with E-state index in [4.69, 9.17) is 4.74 Å². The molecule has 0 saturated carbocycles. The average Bonchev–Trinajstić information content (AvgIpc) is 3.71. The number of hydrogen-bond acceptors (Lipinski definition) is 6. The van der Waals surface area contributed by atoms with Gasteiger partial charge in [0.25, 0.3) is 0 Å². The average molecular weight is 529 g/mol. The molecule has 1 fully saturated rings. The minimum atomic E-state index is -0.867. The van der Waals surface area contributed by atoms with Gasteiger partial charge in [-0.2, -0.15) is 0 Å². The second-order valence-corrected chi connectivity index (χ2v) is 11.3. The van der Waals surface area contributed by atoms with Crippen LogP contribution in [0.15, 0.2) is 66.7 Å². The quantitative estimate of drug-likeness (QED) is 0.250. The molecule has 1 aliphatic heterocycles. The molecule has 39 heavy (non-hydrogen) atoms. The summed E-state index contributed by atoms with van der Waals surface area (Å²) >= 11 is 0. The zero-order valence-corrected chi connectivity index (χ0v) is 23.1. The Morgan fingerprint density at radius 2 is 1.67 bits per heavy atom. The molecule has 2 aromatic carbocycles. The molecule has 0 radical (unpaired) electrons. The Kier molecular flexibility index (Phi) is 8.31. The summed E-state index contributed by atoms with van der Waals surface area (Å²) in [5.41, 5.74) is 3.06. The lowest BCUT2D eigenvalue weighted by molar-refractivity contribution is -0.137. The van der Waals surface area contributed by atoms with Crippen LogP contribution < -0.4 is 10.1 Å². The van der Waals surface area contributed by atoms with Crippen molar-refractivity contribution in [1.82, 2.24) is 10.3 Å². The molecule has 3 aromatic rings. The lowest BCUT2D eigenvalue weighted by Crippen LogP contribution is -2.26. The van der Waals surface area contributed by atoms with Crippen molar-refractivity contribution in [2.45, 2.75) is 59.0 Å². The summed E-state index contributed by atoms with van der Waals surface area (Å²) in [6, 6.07) is 19.9. The van der Waals surface area contributed by atoms with Crippen LogP contribution in [0.4, 0.5) is 0 Å². The Bertz CT molecular complexity index is 1360. The molecule has 204 valence electrons. The molecule has 0 aliphatic carbocycles. The molecule has 1 aliphatic rings. The first kappa shape index (κ1) is 28.2.